The Morgan fingerprint density at radius 1 is 1.08 bits per heavy atom. The van der Waals surface area contributed by atoms with Gasteiger partial charge in [-0.3, -0.25) is 4.79 Å². The number of carbonyl (C=O) groups excluding carboxylic acids is 3. The van der Waals surface area contributed by atoms with Gasteiger partial charge in [-0.15, -0.1) is 0 Å². The second-order valence-corrected chi connectivity index (χ2v) is 5.99. The van der Waals surface area contributed by atoms with Crippen LogP contribution in [0.4, 0.5) is 13.2 Å². The molecular formula is C16H21F3O6. The minimum absolute atomic E-state index is 0.0944. The number of ether oxygens (including phenoxy) is 3. The Kier molecular flexibility index (Phi) is 7.01. The molecule has 0 aromatic rings. The van der Waals surface area contributed by atoms with Gasteiger partial charge < -0.3 is 14.2 Å². The lowest BCUT2D eigenvalue weighted by Gasteiger charge is -2.30. The first kappa shape index (κ1) is 21.0. The SMILES string of the molecule is C=C(C)C(=O)OCCOC(=O)C(C)(OC(=O)C1CCCC1)C(F)(F)F. The summed E-state index contributed by atoms with van der Waals surface area (Å²) in [6, 6.07) is 0. The summed E-state index contributed by atoms with van der Waals surface area (Å²) in [5.41, 5.74) is -3.32. The first-order valence-corrected chi connectivity index (χ1v) is 7.78. The van der Waals surface area contributed by atoms with E-state index in [1.54, 1.807) is 0 Å². The Hall–Kier alpha value is -2.06. The van der Waals surface area contributed by atoms with Crippen LogP contribution in [0.15, 0.2) is 12.2 Å². The summed E-state index contributed by atoms with van der Waals surface area (Å²) in [6.45, 7) is 4.11. The van der Waals surface area contributed by atoms with Gasteiger partial charge in [0.15, 0.2) is 0 Å². The molecule has 1 atom stereocenters. The number of hydrogen-bond acceptors (Lipinski definition) is 6. The summed E-state index contributed by atoms with van der Waals surface area (Å²) < 4.78 is 53.4. The summed E-state index contributed by atoms with van der Waals surface area (Å²) in [6.07, 6.45) is -2.84. The summed E-state index contributed by atoms with van der Waals surface area (Å²) in [7, 11) is 0. The lowest BCUT2D eigenvalue weighted by atomic mass is 10.0. The quantitative estimate of drug-likeness (QED) is 0.298. The number of hydrogen-bond donors (Lipinski definition) is 0. The van der Waals surface area contributed by atoms with E-state index in [0.717, 1.165) is 12.8 Å². The van der Waals surface area contributed by atoms with Gasteiger partial charge in [-0.05, 0) is 26.7 Å². The molecule has 0 heterocycles. The Balaban J connectivity index is 2.66. The van der Waals surface area contributed by atoms with E-state index in [9.17, 15) is 27.6 Å². The van der Waals surface area contributed by atoms with Crippen LogP contribution >= 0.6 is 0 Å². The Labute approximate surface area is 143 Å². The van der Waals surface area contributed by atoms with Gasteiger partial charge in [0, 0.05) is 5.57 Å². The number of esters is 3. The fourth-order valence-corrected chi connectivity index (χ4v) is 2.19. The molecule has 0 spiro atoms. The van der Waals surface area contributed by atoms with E-state index < -0.39 is 48.8 Å². The topological polar surface area (TPSA) is 78.9 Å². The van der Waals surface area contributed by atoms with Crippen LogP contribution in [0.3, 0.4) is 0 Å². The molecule has 25 heavy (non-hydrogen) atoms. The van der Waals surface area contributed by atoms with Gasteiger partial charge in [0.1, 0.15) is 13.2 Å². The molecule has 6 nitrogen and oxygen atoms in total. The largest absolute Gasteiger partial charge is 0.459 e. The molecule has 1 rings (SSSR count). The maximum absolute atomic E-state index is 13.3. The number of rotatable bonds is 7. The Bertz CT molecular complexity index is 536. The zero-order valence-electron chi connectivity index (χ0n) is 14.1. The fraction of sp³-hybridized carbons (Fsp3) is 0.688. The van der Waals surface area contributed by atoms with Gasteiger partial charge in [-0.1, -0.05) is 19.4 Å². The third-order valence-corrected chi connectivity index (χ3v) is 3.82. The van der Waals surface area contributed by atoms with Crippen molar-refractivity contribution in [1.29, 1.82) is 0 Å². The fourth-order valence-electron chi connectivity index (χ4n) is 2.19. The highest BCUT2D eigenvalue weighted by molar-refractivity contribution is 5.87. The van der Waals surface area contributed by atoms with Crippen molar-refractivity contribution in [3.8, 4) is 0 Å². The maximum Gasteiger partial charge on any atom is 0.439 e. The van der Waals surface area contributed by atoms with Gasteiger partial charge in [-0.2, -0.15) is 13.2 Å². The molecule has 0 N–H and O–H groups in total. The highest BCUT2D eigenvalue weighted by Gasteiger charge is 2.62. The molecule has 0 amide bonds. The van der Waals surface area contributed by atoms with Crippen molar-refractivity contribution < 1.29 is 41.8 Å². The van der Waals surface area contributed by atoms with Gasteiger partial charge in [-0.25, -0.2) is 9.59 Å². The van der Waals surface area contributed by atoms with Crippen LogP contribution in [0.25, 0.3) is 0 Å². The molecule has 9 heteroatoms. The number of carbonyl (C=O) groups is 3. The lowest BCUT2D eigenvalue weighted by Crippen LogP contribution is -2.54. The van der Waals surface area contributed by atoms with Gasteiger partial charge >= 0.3 is 24.1 Å². The molecule has 1 aliphatic rings. The third-order valence-electron chi connectivity index (χ3n) is 3.82. The van der Waals surface area contributed by atoms with Crippen LogP contribution in [0, 0.1) is 5.92 Å². The van der Waals surface area contributed by atoms with Crippen LogP contribution in [-0.2, 0) is 28.6 Å². The summed E-state index contributed by atoms with van der Waals surface area (Å²) in [5.74, 6) is -4.24. The highest BCUT2D eigenvalue weighted by atomic mass is 19.4. The van der Waals surface area contributed by atoms with Crippen molar-refractivity contribution in [1.82, 2.24) is 0 Å². The monoisotopic (exact) mass is 366 g/mol. The Morgan fingerprint density at radius 2 is 1.60 bits per heavy atom. The first-order chi connectivity index (χ1) is 11.5. The van der Waals surface area contributed by atoms with Crippen LogP contribution in [0.1, 0.15) is 39.5 Å². The summed E-state index contributed by atoms with van der Waals surface area (Å²) >= 11 is 0. The first-order valence-electron chi connectivity index (χ1n) is 7.78. The van der Waals surface area contributed by atoms with E-state index >= 15 is 0 Å². The normalized spacial score (nSPS) is 17.5. The summed E-state index contributed by atoms with van der Waals surface area (Å²) in [4.78, 5) is 34.9. The van der Waals surface area contributed by atoms with E-state index in [-0.39, 0.29) is 5.57 Å². The zero-order valence-corrected chi connectivity index (χ0v) is 14.1. The molecule has 0 aromatic carbocycles. The smallest absolute Gasteiger partial charge is 0.439 e. The van der Waals surface area contributed by atoms with Crippen LogP contribution in [0.5, 0.6) is 0 Å². The number of halogens is 3. The molecule has 1 aliphatic carbocycles. The molecule has 0 saturated heterocycles. The Morgan fingerprint density at radius 3 is 2.08 bits per heavy atom. The number of alkyl halides is 3. The van der Waals surface area contributed by atoms with E-state index in [1.165, 1.54) is 6.92 Å². The predicted molar refractivity (Wildman–Crippen MR) is 79.2 cm³/mol. The van der Waals surface area contributed by atoms with Crippen LogP contribution in [-0.4, -0.2) is 42.9 Å². The van der Waals surface area contributed by atoms with Gasteiger partial charge in [0.05, 0.1) is 5.92 Å². The highest BCUT2D eigenvalue weighted by Crippen LogP contribution is 2.37. The van der Waals surface area contributed by atoms with Crippen molar-refractivity contribution >= 4 is 17.9 Å². The van der Waals surface area contributed by atoms with E-state index in [4.69, 9.17) is 0 Å². The molecule has 1 saturated carbocycles. The van der Waals surface area contributed by atoms with Crippen molar-refractivity contribution in [2.75, 3.05) is 13.2 Å². The van der Waals surface area contributed by atoms with Crippen LogP contribution in [0.2, 0.25) is 0 Å². The van der Waals surface area contributed by atoms with Crippen molar-refractivity contribution in [3.05, 3.63) is 12.2 Å². The lowest BCUT2D eigenvalue weighted by molar-refractivity contribution is -0.267. The minimum atomic E-state index is -5.15. The zero-order chi connectivity index (χ0) is 19.3. The van der Waals surface area contributed by atoms with Crippen molar-refractivity contribution in [2.24, 2.45) is 5.92 Å². The van der Waals surface area contributed by atoms with Crippen molar-refractivity contribution in [3.63, 3.8) is 0 Å². The maximum atomic E-state index is 13.3. The molecule has 1 unspecified atom stereocenters. The average Bonchev–Trinajstić information content (AvgIpc) is 3.04. The molecular weight excluding hydrogens is 345 g/mol. The van der Waals surface area contributed by atoms with E-state index in [1.807, 2.05) is 0 Å². The molecule has 1 fully saturated rings. The van der Waals surface area contributed by atoms with E-state index in [2.05, 4.69) is 20.8 Å². The van der Waals surface area contributed by atoms with Crippen LogP contribution < -0.4 is 0 Å². The molecule has 0 aromatic heterocycles. The molecule has 0 bridgehead atoms. The van der Waals surface area contributed by atoms with Gasteiger partial charge in [0.25, 0.3) is 5.60 Å². The third kappa shape index (κ3) is 5.47. The minimum Gasteiger partial charge on any atom is -0.459 e. The average molecular weight is 366 g/mol. The molecule has 0 aliphatic heterocycles. The predicted octanol–water partition coefficient (Wildman–Crippen LogP) is 2.70. The molecule has 0 radical (unpaired) electrons. The summed E-state index contributed by atoms with van der Waals surface area (Å²) in [5, 5.41) is 0. The van der Waals surface area contributed by atoms with Crippen molar-refractivity contribution in [2.45, 2.75) is 51.3 Å². The second-order valence-electron chi connectivity index (χ2n) is 5.99. The second kappa shape index (κ2) is 8.35. The van der Waals surface area contributed by atoms with Gasteiger partial charge in [0.2, 0.25) is 0 Å². The van der Waals surface area contributed by atoms with E-state index in [0.29, 0.717) is 19.8 Å². The standard InChI is InChI=1S/C16H21F3O6/c1-10(2)12(20)23-8-9-24-14(22)15(3,16(17,18)19)25-13(21)11-6-4-5-7-11/h11H,1,4-9H2,2-3H3. The molecule has 142 valence electrons.